The quantitative estimate of drug-likeness (QED) is 0.914. The lowest BCUT2D eigenvalue weighted by atomic mass is 10.1. The lowest BCUT2D eigenvalue weighted by molar-refractivity contribution is 0.385. The first-order chi connectivity index (χ1) is 10.1. The molecule has 5 nitrogen and oxygen atoms in total. The predicted octanol–water partition coefficient (Wildman–Crippen LogP) is 1.83. The molecule has 3 rings (SSSR count). The van der Waals surface area contributed by atoms with Gasteiger partial charge in [0.1, 0.15) is 0 Å². The van der Waals surface area contributed by atoms with Crippen LogP contribution in [0.4, 0.5) is 4.39 Å². The van der Waals surface area contributed by atoms with E-state index in [0.717, 1.165) is 12.8 Å². The summed E-state index contributed by atoms with van der Waals surface area (Å²) < 4.78 is 21.9. The van der Waals surface area contributed by atoms with Crippen LogP contribution >= 0.6 is 0 Å². The Morgan fingerprint density at radius 1 is 1.43 bits per heavy atom. The van der Waals surface area contributed by atoms with E-state index in [9.17, 15) is 9.18 Å². The zero-order valence-corrected chi connectivity index (χ0v) is 11.8. The van der Waals surface area contributed by atoms with Crippen molar-refractivity contribution in [2.45, 2.75) is 31.5 Å². The van der Waals surface area contributed by atoms with E-state index >= 15 is 0 Å². The van der Waals surface area contributed by atoms with E-state index in [1.165, 1.54) is 13.2 Å². The number of hydrogen-bond donors (Lipinski definition) is 1. The van der Waals surface area contributed by atoms with Gasteiger partial charge in [-0.25, -0.2) is 9.18 Å². The number of hydrogen-bond acceptors (Lipinski definition) is 3. The zero-order valence-electron chi connectivity index (χ0n) is 11.8. The van der Waals surface area contributed by atoms with Crippen LogP contribution in [0.3, 0.4) is 0 Å². The van der Waals surface area contributed by atoms with Crippen LogP contribution in [0.5, 0.6) is 5.75 Å². The molecule has 2 N–H and O–H groups in total. The van der Waals surface area contributed by atoms with Gasteiger partial charge in [0, 0.05) is 31.0 Å². The number of halogens is 1. The van der Waals surface area contributed by atoms with E-state index in [-0.39, 0.29) is 11.4 Å². The standard InChI is InChI=1S/C15H18FN3O2/c1-21-14-5-2-10(8-12(14)16)13(17)9-18-6-7-19(15(18)20)11-3-4-11/h2,5-8,11,13H,3-4,9,17H2,1H3. The summed E-state index contributed by atoms with van der Waals surface area (Å²) in [4.78, 5) is 12.2. The molecular formula is C15H18FN3O2. The molecule has 1 aromatic carbocycles. The van der Waals surface area contributed by atoms with Crippen LogP contribution < -0.4 is 16.2 Å². The molecule has 0 amide bonds. The maximum Gasteiger partial charge on any atom is 0.328 e. The van der Waals surface area contributed by atoms with Crippen molar-refractivity contribution in [1.82, 2.24) is 9.13 Å². The highest BCUT2D eigenvalue weighted by atomic mass is 19.1. The third-order valence-electron chi connectivity index (χ3n) is 3.81. The van der Waals surface area contributed by atoms with Gasteiger partial charge in [-0.3, -0.25) is 9.13 Å². The maximum atomic E-state index is 13.7. The fourth-order valence-corrected chi connectivity index (χ4v) is 2.43. The normalized spacial score (nSPS) is 16.0. The average molecular weight is 291 g/mol. The van der Waals surface area contributed by atoms with Crippen molar-refractivity contribution in [3.63, 3.8) is 0 Å². The number of rotatable bonds is 5. The molecule has 0 bridgehead atoms. The Morgan fingerprint density at radius 3 is 2.81 bits per heavy atom. The smallest absolute Gasteiger partial charge is 0.328 e. The first-order valence-corrected chi connectivity index (χ1v) is 6.96. The molecule has 1 aromatic heterocycles. The first-order valence-electron chi connectivity index (χ1n) is 6.96. The lowest BCUT2D eigenvalue weighted by Crippen LogP contribution is -2.28. The first kappa shape index (κ1) is 13.9. The molecule has 0 spiro atoms. The molecule has 0 radical (unpaired) electrons. The van der Waals surface area contributed by atoms with Crippen molar-refractivity contribution in [1.29, 1.82) is 0 Å². The Bertz CT molecular complexity index is 703. The molecule has 1 unspecified atom stereocenters. The van der Waals surface area contributed by atoms with E-state index < -0.39 is 11.9 Å². The number of methoxy groups -OCH3 is 1. The number of nitrogens with zero attached hydrogens (tertiary/aromatic N) is 2. The Balaban J connectivity index is 1.78. The molecular weight excluding hydrogens is 273 g/mol. The summed E-state index contributed by atoms with van der Waals surface area (Å²) >= 11 is 0. The van der Waals surface area contributed by atoms with Gasteiger partial charge in [-0.2, -0.15) is 0 Å². The molecule has 1 saturated carbocycles. The van der Waals surface area contributed by atoms with Crippen LogP contribution in [0.2, 0.25) is 0 Å². The molecule has 1 atom stereocenters. The van der Waals surface area contributed by atoms with E-state index in [4.69, 9.17) is 10.5 Å². The van der Waals surface area contributed by atoms with Crippen molar-refractivity contribution >= 4 is 0 Å². The monoisotopic (exact) mass is 291 g/mol. The van der Waals surface area contributed by atoms with Gasteiger partial charge >= 0.3 is 5.69 Å². The number of aromatic nitrogens is 2. The van der Waals surface area contributed by atoms with Crippen LogP contribution in [0, 0.1) is 5.82 Å². The van der Waals surface area contributed by atoms with Gasteiger partial charge in [0.05, 0.1) is 7.11 Å². The summed E-state index contributed by atoms with van der Waals surface area (Å²) in [5.74, 6) is -0.267. The Kier molecular flexibility index (Phi) is 3.55. The van der Waals surface area contributed by atoms with E-state index in [0.29, 0.717) is 18.2 Å². The number of benzene rings is 1. The van der Waals surface area contributed by atoms with Crippen LogP contribution in [0.15, 0.2) is 35.4 Å². The molecule has 1 fully saturated rings. The highest BCUT2D eigenvalue weighted by Gasteiger charge is 2.25. The van der Waals surface area contributed by atoms with Crippen LogP contribution in [0.25, 0.3) is 0 Å². The van der Waals surface area contributed by atoms with Crippen molar-refractivity contribution < 1.29 is 9.13 Å². The second kappa shape index (κ2) is 5.37. The third-order valence-corrected chi connectivity index (χ3v) is 3.81. The largest absolute Gasteiger partial charge is 0.494 e. The number of ether oxygens (including phenoxy) is 1. The molecule has 0 aliphatic heterocycles. The maximum absolute atomic E-state index is 13.7. The lowest BCUT2D eigenvalue weighted by Gasteiger charge is -2.13. The zero-order chi connectivity index (χ0) is 15.0. The van der Waals surface area contributed by atoms with Crippen molar-refractivity contribution in [2.75, 3.05) is 7.11 Å². The summed E-state index contributed by atoms with van der Waals surface area (Å²) in [6, 6.07) is 4.51. The Hall–Kier alpha value is -2.08. The number of imidazole rings is 1. The van der Waals surface area contributed by atoms with E-state index in [2.05, 4.69) is 0 Å². The Morgan fingerprint density at radius 2 is 2.19 bits per heavy atom. The fraction of sp³-hybridized carbons (Fsp3) is 0.400. The van der Waals surface area contributed by atoms with Gasteiger partial charge in [-0.1, -0.05) is 6.07 Å². The van der Waals surface area contributed by atoms with Gasteiger partial charge in [-0.15, -0.1) is 0 Å². The minimum absolute atomic E-state index is 0.0538. The van der Waals surface area contributed by atoms with E-state index in [1.807, 2.05) is 0 Å². The summed E-state index contributed by atoms with van der Waals surface area (Å²) in [5.41, 5.74) is 6.67. The van der Waals surface area contributed by atoms with Crippen LogP contribution in [-0.4, -0.2) is 16.2 Å². The van der Waals surface area contributed by atoms with Crippen molar-refractivity contribution in [3.05, 3.63) is 52.5 Å². The molecule has 6 heteroatoms. The van der Waals surface area contributed by atoms with Crippen molar-refractivity contribution in [3.8, 4) is 5.75 Å². The molecule has 112 valence electrons. The molecule has 1 aliphatic carbocycles. The second-order valence-corrected chi connectivity index (χ2v) is 5.37. The summed E-state index contributed by atoms with van der Waals surface area (Å²) in [7, 11) is 1.41. The van der Waals surface area contributed by atoms with Gasteiger partial charge in [0.15, 0.2) is 11.6 Å². The molecule has 1 aliphatic rings. The average Bonchev–Trinajstić information content (AvgIpc) is 3.25. The highest BCUT2D eigenvalue weighted by molar-refractivity contribution is 5.30. The molecule has 1 heterocycles. The van der Waals surface area contributed by atoms with E-state index in [1.54, 1.807) is 33.7 Å². The SMILES string of the molecule is COc1ccc(C(N)Cn2ccn(C3CC3)c2=O)cc1F. The third kappa shape index (κ3) is 2.71. The van der Waals surface area contributed by atoms with Crippen molar-refractivity contribution in [2.24, 2.45) is 5.73 Å². The van der Waals surface area contributed by atoms with Crippen LogP contribution in [-0.2, 0) is 6.54 Å². The summed E-state index contributed by atoms with van der Waals surface area (Å²) in [6.07, 6.45) is 5.64. The van der Waals surface area contributed by atoms with Crippen LogP contribution in [0.1, 0.15) is 30.5 Å². The predicted molar refractivity (Wildman–Crippen MR) is 76.8 cm³/mol. The Labute approximate surface area is 121 Å². The summed E-state index contributed by atoms with van der Waals surface area (Å²) in [5, 5.41) is 0. The highest BCUT2D eigenvalue weighted by Crippen LogP contribution is 2.33. The van der Waals surface area contributed by atoms with Gasteiger partial charge in [0.2, 0.25) is 0 Å². The minimum Gasteiger partial charge on any atom is -0.494 e. The topological polar surface area (TPSA) is 62.2 Å². The second-order valence-electron chi connectivity index (χ2n) is 5.37. The van der Waals surface area contributed by atoms with Gasteiger partial charge in [0.25, 0.3) is 0 Å². The minimum atomic E-state index is -0.451. The summed E-state index contributed by atoms with van der Waals surface area (Å²) in [6.45, 7) is 0.324. The van der Waals surface area contributed by atoms with Gasteiger partial charge in [-0.05, 0) is 30.5 Å². The molecule has 2 aromatic rings. The number of nitrogens with two attached hydrogens (primary N) is 1. The molecule has 0 saturated heterocycles. The molecule has 21 heavy (non-hydrogen) atoms. The fourth-order valence-electron chi connectivity index (χ4n) is 2.43. The van der Waals surface area contributed by atoms with Gasteiger partial charge < -0.3 is 10.5 Å².